The Bertz CT molecular complexity index is 457. The standard InChI is InChI=1S/C11H16ClNO2S/c1-3-16(14,15)7-6-13-11-5-4-9(2)8-10(11)12/h4-5,8,13H,3,6-7H2,1-2H3. The molecule has 0 bridgehead atoms. The minimum atomic E-state index is -2.92. The molecule has 0 heterocycles. The number of nitrogens with one attached hydrogen (secondary N) is 1. The highest BCUT2D eigenvalue weighted by Crippen LogP contribution is 2.22. The number of rotatable bonds is 5. The van der Waals surface area contributed by atoms with E-state index in [4.69, 9.17) is 11.6 Å². The molecule has 16 heavy (non-hydrogen) atoms. The highest BCUT2D eigenvalue weighted by atomic mass is 35.5. The summed E-state index contributed by atoms with van der Waals surface area (Å²) >= 11 is 6.00. The highest BCUT2D eigenvalue weighted by molar-refractivity contribution is 7.91. The third-order valence-electron chi connectivity index (χ3n) is 2.29. The van der Waals surface area contributed by atoms with Crippen LogP contribution in [-0.4, -0.2) is 26.5 Å². The molecule has 90 valence electrons. The van der Waals surface area contributed by atoms with E-state index in [9.17, 15) is 8.42 Å². The van der Waals surface area contributed by atoms with Gasteiger partial charge in [-0.15, -0.1) is 0 Å². The van der Waals surface area contributed by atoms with Gasteiger partial charge < -0.3 is 5.32 Å². The molecule has 0 amide bonds. The molecule has 0 fully saturated rings. The highest BCUT2D eigenvalue weighted by Gasteiger charge is 2.07. The molecule has 0 aromatic heterocycles. The van der Waals surface area contributed by atoms with Crippen molar-refractivity contribution >= 4 is 27.1 Å². The van der Waals surface area contributed by atoms with Crippen LogP contribution in [0.15, 0.2) is 18.2 Å². The van der Waals surface area contributed by atoms with Crippen molar-refractivity contribution in [2.24, 2.45) is 0 Å². The largest absolute Gasteiger partial charge is 0.383 e. The average molecular weight is 262 g/mol. The third kappa shape index (κ3) is 4.02. The second-order valence-electron chi connectivity index (χ2n) is 3.65. The lowest BCUT2D eigenvalue weighted by atomic mass is 10.2. The van der Waals surface area contributed by atoms with E-state index in [1.54, 1.807) is 6.92 Å². The fourth-order valence-electron chi connectivity index (χ4n) is 1.25. The van der Waals surface area contributed by atoms with Gasteiger partial charge in [-0.1, -0.05) is 24.6 Å². The van der Waals surface area contributed by atoms with Crippen LogP contribution in [0.4, 0.5) is 5.69 Å². The van der Waals surface area contributed by atoms with Crippen LogP contribution in [0, 0.1) is 6.92 Å². The zero-order chi connectivity index (χ0) is 12.2. The Morgan fingerprint density at radius 3 is 2.62 bits per heavy atom. The van der Waals surface area contributed by atoms with Gasteiger partial charge in [0.1, 0.15) is 0 Å². The molecule has 0 aliphatic heterocycles. The normalized spacial score (nSPS) is 11.4. The van der Waals surface area contributed by atoms with Gasteiger partial charge in [0, 0.05) is 12.3 Å². The topological polar surface area (TPSA) is 46.2 Å². The molecule has 1 rings (SSSR count). The number of benzene rings is 1. The Labute approximate surface area is 102 Å². The van der Waals surface area contributed by atoms with Gasteiger partial charge in [0.15, 0.2) is 9.84 Å². The lowest BCUT2D eigenvalue weighted by Gasteiger charge is -2.08. The van der Waals surface area contributed by atoms with E-state index in [1.165, 1.54) is 0 Å². The van der Waals surface area contributed by atoms with Crippen molar-refractivity contribution in [3.8, 4) is 0 Å². The molecule has 0 radical (unpaired) electrons. The van der Waals surface area contributed by atoms with Crippen molar-refractivity contribution in [3.63, 3.8) is 0 Å². The van der Waals surface area contributed by atoms with E-state index in [2.05, 4.69) is 5.32 Å². The molecule has 1 aromatic carbocycles. The molecule has 0 unspecified atom stereocenters. The minimum Gasteiger partial charge on any atom is -0.383 e. The van der Waals surface area contributed by atoms with Gasteiger partial charge >= 0.3 is 0 Å². The molecule has 0 spiro atoms. The number of aryl methyl sites for hydroxylation is 1. The maximum atomic E-state index is 11.3. The van der Waals surface area contributed by atoms with Crippen LogP contribution in [-0.2, 0) is 9.84 Å². The van der Waals surface area contributed by atoms with Crippen molar-refractivity contribution < 1.29 is 8.42 Å². The Morgan fingerprint density at radius 2 is 2.06 bits per heavy atom. The summed E-state index contributed by atoms with van der Waals surface area (Å²) < 4.78 is 22.5. The van der Waals surface area contributed by atoms with E-state index in [0.29, 0.717) is 11.6 Å². The van der Waals surface area contributed by atoms with Gasteiger partial charge in [-0.3, -0.25) is 0 Å². The van der Waals surface area contributed by atoms with Crippen LogP contribution in [0.2, 0.25) is 5.02 Å². The number of sulfone groups is 1. The summed E-state index contributed by atoms with van der Waals surface area (Å²) in [6.45, 7) is 3.99. The van der Waals surface area contributed by atoms with Gasteiger partial charge in [0.05, 0.1) is 16.5 Å². The van der Waals surface area contributed by atoms with Gasteiger partial charge in [-0.2, -0.15) is 0 Å². The predicted octanol–water partition coefficient (Wildman–Crippen LogP) is 2.50. The molecule has 0 aliphatic carbocycles. The van der Waals surface area contributed by atoms with Crippen LogP contribution in [0.25, 0.3) is 0 Å². The molecule has 0 aliphatic rings. The van der Waals surface area contributed by atoms with E-state index < -0.39 is 9.84 Å². The predicted molar refractivity (Wildman–Crippen MR) is 69.0 cm³/mol. The van der Waals surface area contributed by atoms with Gasteiger partial charge in [0.2, 0.25) is 0 Å². The number of anilines is 1. The maximum absolute atomic E-state index is 11.3. The quantitative estimate of drug-likeness (QED) is 0.886. The van der Waals surface area contributed by atoms with Crippen molar-refractivity contribution in [1.29, 1.82) is 0 Å². The summed E-state index contributed by atoms with van der Waals surface area (Å²) in [5.41, 5.74) is 1.86. The van der Waals surface area contributed by atoms with E-state index in [0.717, 1.165) is 11.3 Å². The molecule has 1 N–H and O–H groups in total. The van der Waals surface area contributed by atoms with Crippen LogP contribution in [0.1, 0.15) is 12.5 Å². The zero-order valence-electron chi connectivity index (χ0n) is 9.46. The number of hydrogen-bond donors (Lipinski definition) is 1. The fourth-order valence-corrected chi connectivity index (χ4v) is 2.25. The first-order valence-corrected chi connectivity index (χ1v) is 7.35. The maximum Gasteiger partial charge on any atom is 0.151 e. The molecular weight excluding hydrogens is 246 g/mol. The molecule has 0 saturated heterocycles. The first kappa shape index (κ1) is 13.3. The summed E-state index contributed by atoms with van der Waals surface area (Å²) in [6.07, 6.45) is 0. The first-order chi connectivity index (χ1) is 7.44. The van der Waals surface area contributed by atoms with Crippen molar-refractivity contribution in [2.45, 2.75) is 13.8 Å². The Hall–Kier alpha value is -0.740. The van der Waals surface area contributed by atoms with Crippen molar-refractivity contribution in [2.75, 3.05) is 23.4 Å². The minimum absolute atomic E-state index is 0.133. The lowest BCUT2D eigenvalue weighted by Crippen LogP contribution is -2.17. The number of halogens is 1. The molecule has 0 atom stereocenters. The first-order valence-electron chi connectivity index (χ1n) is 5.15. The fraction of sp³-hybridized carbons (Fsp3) is 0.455. The summed E-state index contributed by atoms with van der Waals surface area (Å²) in [4.78, 5) is 0. The molecular formula is C11H16ClNO2S. The van der Waals surface area contributed by atoms with Crippen LogP contribution in [0.5, 0.6) is 0 Å². The summed E-state index contributed by atoms with van der Waals surface area (Å²) in [7, 11) is -2.92. The Morgan fingerprint density at radius 1 is 1.38 bits per heavy atom. The Kier molecular flexibility index (Phi) is 4.62. The SMILES string of the molecule is CCS(=O)(=O)CCNc1ccc(C)cc1Cl. The molecule has 0 saturated carbocycles. The average Bonchev–Trinajstić information content (AvgIpc) is 2.21. The Balaban J connectivity index is 2.56. The summed E-state index contributed by atoms with van der Waals surface area (Å²) in [5.74, 6) is 0.310. The van der Waals surface area contributed by atoms with Crippen molar-refractivity contribution in [3.05, 3.63) is 28.8 Å². The van der Waals surface area contributed by atoms with E-state index >= 15 is 0 Å². The molecule has 3 nitrogen and oxygen atoms in total. The van der Waals surface area contributed by atoms with Crippen LogP contribution < -0.4 is 5.32 Å². The second-order valence-corrected chi connectivity index (χ2v) is 6.53. The number of hydrogen-bond acceptors (Lipinski definition) is 3. The molecule has 1 aromatic rings. The zero-order valence-corrected chi connectivity index (χ0v) is 11.0. The second kappa shape index (κ2) is 5.55. The van der Waals surface area contributed by atoms with Gasteiger partial charge in [-0.25, -0.2) is 8.42 Å². The summed E-state index contributed by atoms with van der Waals surface area (Å²) in [5, 5.41) is 3.64. The smallest absolute Gasteiger partial charge is 0.151 e. The lowest BCUT2D eigenvalue weighted by molar-refractivity contribution is 0.597. The van der Waals surface area contributed by atoms with Gasteiger partial charge in [-0.05, 0) is 24.6 Å². The van der Waals surface area contributed by atoms with Crippen LogP contribution >= 0.6 is 11.6 Å². The third-order valence-corrected chi connectivity index (χ3v) is 4.31. The summed E-state index contributed by atoms with van der Waals surface area (Å²) in [6, 6.07) is 5.64. The van der Waals surface area contributed by atoms with Gasteiger partial charge in [0.25, 0.3) is 0 Å². The molecule has 5 heteroatoms. The van der Waals surface area contributed by atoms with Crippen LogP contribution in [0.3, 0.4) is 0 Å². The monoisotopic (exact) mass is 261 g/mol. The van der Waals surface area contributed by atoms with E-state index in [1.807, 2.05) is 25.1 Å². The van der Waals surface area contributed by atoms with Crippen molar-refractivity contribution in [1.82, 2.24) is 0 Å². The van der Waals surface area contributed by atoms with E-state index in [-0.39, 0.29) is 11.5 Å².